The van der Waals surface area contributed by atoms with Crippen LogP contribution in [0.25, 0.3) is 10.9 Å². The van der Waals surface area contributed by atoms with Gasteiger partial charge in [0.05, 0.1) is 18.8 Å². The highest BCUT2D eigenvalue weighted by Gasteiger charge is 2.26. The van der Waals surface area contributed by atoms with Crippen molar-refractivity contribution in [3.63, 3.8) is 0 Å². The Morgan fingerprint density at radius 2 is 2.17 bits per heavy atom. The van der Waals surface area contributed by atoms with Gasteiger partial charge in [-0.05, 0) is 25.0 Å². The number of fused-ring (bicyclic) bond motifs is 1. The fourth-order valence-electron chi connectivity index (χ4n) is 3.73. The molecular formula is C22H23N3O4. The van der Waals surface area contributed by atoms with E-state index in [9.17, 15) is 9.59 Å². The number of carbonyl (C=O) groups is 1. The number of nitrogens with zero attached hydrogens (tertiary/aromatic N) is 2. The number of aromatic amines is 1. The SMILES string of the molecule is COc1ccccc1CN(CC1CCCO1)C(=O)c1c[nH]c(=O)c2ncccc12. The molecule has 0 saturated carbocycles. The predicted molar refractivity (Wildman–Crippen MR) is 109 cm³/mol. The van der Waals surface area contributed by atoms with Crippen LogP contribution in [0, 0.1) is 0 Å². The van der Waals surface area contributed by atoms with Gasteiger partial charge in [-0.25, -0.2) is 0 Å². The molecule has 29 heavy (non-hydrogen) atoms. The molecule has 1 amide bonds. The molecule has 4 rings (SSSR count). The third-order valence-electron chi connectivity index (χ3n) is 5.18. The van der Waals surface area contributed by atoms with Gasteiger partial charge in [0, 0.05) is 43.0 Å². The van der Waals surface area contributed by atoms with E-state index < -0.39 is 0 Å². The molecule has 3 heterocycles. The van der Waals surface area contributed by atoms with Crippen molar-refractivity contribution < 1.29 is 14.3 Å². The molecule has 1 saturated heterocycles. The van der Waals surface area contributed by atoms with Crippen LogP contribution in [0.15, 0.2) is 53.6 Å². The molecule has 0 aliphatic carbocycles. The fraction of sp³-hybridized carbons (Fsp3) is 0.318. The zero-order chi connectivity index (χ0) is 20.2. The van der Waals surface area contributed by atoms with E-state index in [1.807, 2.05) is 24.3 Å². The molecule has 7 heteroatoms. The van der Waals surface area contributed by atoms with Gasteiger partial charge in [0.1, 0.15) is 11.3 Å². The quantitative estimate of drug-likeness (QED) is 0.696. The van der Waals surface area contributed by atoms with Gasteiger partial charge in [0.2, 0.25) is 0 Å². The van der Waals surface area contributed by atoms with Crippen molar-refractivity contribution in [2.75, 3.05) is 20.3 Å². The molecule has 1 fully saturated rings. The van der Waals surface area contributed by atoms with Crippen LogP contribution in [0.5, 0.6) is 5.75 Å². The molecule has 1 atom stereocenters. The summed E-state index contributed by atoms with van der Waals surface area (Å²) in [6, 6.07) is 11.1. The van der Waals surface area contributed by atoms with Crippen molar-refractivity contribution in [3.05, 3.63) is 70.3 Å². The molecule has 0 spiro atoms. The maximum absolute atomic E-state index is 13.5. The molecule has 1 aliphatic rings. The normalized spacial score (nSPS) is 16.1. The van der Waals surface area contributed by atoms with Gasteiger partial charge in [-0.15, -0.1) is 0 Å². The summed E-state index contributed by atoms with van der Waals surface area (Å²) in [5.74, 6) is 0.547. The minimum Gasteiger partial charge on any atom is -0.496 e. The van der Waals surface area contributed by atoms with Gasteiger partial charge < -0.3 is 19.4 Å². The first-order chi connectivity index (χ1) is 14.2. The zero-order valence-electron chi connectivity index (χ0n) is 16.3. The average Bonchev–Trinajstić information content (AvgIpc) is 3.27. The largest absolute Gasteiger partial charge is 0.496 e. The molecule has 1 aliphatic heterocycles. The number of hydrogen-bond donors (Lipinski definition) is 1. The molecule has 1 unspecified atom stereocenters. The van der Waals surface area contributed by atoms with Crippen molar-refractivity contribution in [1.82, 2.24) is 14.9 Å². The van der Waals surface area contributed by atoms with E-state index in [1.165, 1.54) is 6.20 Å². The number of methoxy groups -OCH3 is 1. The maximum Gasteiger partial charge on any atom is 0.274 e. The Kier molecular flexibility index (Phi) is 5.57. The lowest BCUT2D eigenvalue weighted by Crippen LogP contribution is -2.37. The summed E-state index contributed by atoms with van der Waals surface area (Å²) in [6.45, 7) is 1.56. The minimum atomic E-state index is -0.312. The first-order valence-electron chi connectivity index (χ1n) is 9.66. The lowest BCUT2D eigenvalue weighted by atomic mass is 10.1. The topological polar surface area (TPSA) is 84.5 Å². The monoisotopic (exact) mass is 393 g/mol. The summed E-state index contributed by atoms with van der Waals surface area (Å²) in [4.78, 5) is 34.2. The number of nitrogens with one attached hydrogen (secondary N) is 1. The molecule has 0 bridgehead atoms. The van der Waals surface area contributed by atoms with Crippen LogP contribution in [0.4, 0.5) is 0 Å². The van der Waals surface area contributed by atoms with Crippen molar-refractivity contribution in [2.24, 2.45) is 0 Å². The highest BCUT2D eigenvalue weighted by molar-refractivity contribution is 6.05. The van der Waals surface area contributed by atoms with E-state index in [0.717, 1.165) is 24.2 Å². The lowest BCUT2D eigenvalue weighted by molar-refractivity contribution is 0.0507. The Bertz CT molecular complexity index is 1070. The molecule has 1 aromatic carbocycles. The van der Waals surface area contributed by atoms with E-state index >= 15 is 0 Å². The Labute approximate surface area is 168 Å². The molecule has 2 aromatic heterocycles. The highest BCUT2D eigenvalue weighted by Crippen LogP contribution is 2.23. The van der Waals surface area contributed by atoms with Crippen LogP contribution in [-0.2, 0) is 11.3 Å². The third-order valence-corrected chi connectivity index (χ3v) is 5.18. The van der Waals surface area contributed by atoms with E-state index in [0.29, 0.717) is 30.6 Å². The number of H-pyrrole nitrogens is 1. The number of ether oxygens (including phenoxy) is 2. The summed E-state index contributed by atoms with van der Waals surface area (Å²) in [7, 11) is 1.62. The summed E-state index contributed by atoms with van der Waals surface area (Å²) in [6.07, 6.45) is 4.93. The first-order valence-corrected chi connectivity index (χ1v) is 9.66. The third kappa shape index (κ3) is 4.00. The summed E-state index contributed by atoms with van der Waals surface area (Å²) in [5.41, 5.74) is 1.27. The van der Waals surface area contributed by atoms with Crippen molar-refractivity contribution in [2.45, 2.75) is 25.5 Å². The molecular weight excluding hydrogens is 370 g/mol. The van der Waals surface area contributed by atoms with Crippen molar-refractivity contribution >= 4 is 16.8 Å². The second kappa shape index (κ2) is 8.45. The number of pyridine rings is 2. The lowest BCUT2D eigenvalue weighted by Gasteiger charge is -2.26. The van der Waals surface area contributed by atoms with Crippen molar-refractivity contribution in [1.29, 1.82) is 0 Å². The Hall–Kier alpha value is -3.19. The average molecular weight is 393 g/mol. The second-order valence-corrected chi connectivity index (χ2v) is 7.06. The van der Waals surface area contributed by atoms with Crippen LogP contribution in [0.3, 0.4) is 0 Å². The van der Waals surface area contributed by atoms with E-state index in [-0.39, 0.29) is 23.1 Å². The fourth-order valence-corrected chi connectivity index (χ4v) is 3.73. The summed E-state index contributed by atoms with van der Waals surface area (Å²) < 4.78 is 11.2. The zero-order valence-corrected chi connectivity index (χ0v) is 16.3. The van der Waals surface area contributed by atoms with Gasteiger partial charge in [-0.1, -0.05) is 24.3 Å². The summed E-state index contributed by atoms with van der Waals surface area (Å²) >= 11 is 0. The van der Waals surface area contributed by atoms with Gasteiger partial charge in [-0.3, -0.25) is 14.6 Å². The highest BCUT2D eigenvalue weighted by atomic mass is 16.5. The Balaban J connectivity index is 1.71. The van der Waals surface area contributed by atoms with E-state index in [1.54, 1.807) is 30.3 Å². The number of amides is 1. The predicted octanol–water partition coefficient (Wildman–Crippen LogP) is 2.75. The number of benzene rings is 1. The molecule has 150 valence electrons. The molecule has 1 N–H and O–H groups in total. The van der Waals surface area contributed by atoms with Crippen LogP contribution in [0.2, 0.25) is 0 Å². The van der Waals surface area contributed by atoms with Crippen LogP contribution < -0.4 is 10.3 Å². The Morgan fingerprint density at radius 1 is 1.31 bits per heavy atom. The minimum absolute atomic E-state index is 0.000748. The van der Waals surface area contributed by atoms with Gasteiger partial charge in [0.25, 0.3) is 11.5 Å². The smallest absolute Gasteiger partial charge is 0.274 e. The number of carbonyl (C=O) groups excluding carboxylic acids is 1. The molecule has 0 radical (unpaired) electrons. The number of hydrogen-bond acceptors (Lipinski definition) is 5. The van der Waals surface area contributed by atoms with Crippen LogP contribution >= 0.6 is 0 Å². The second-order valence-electron chi connectivity index (χ2n) is 7.06. The van der Waals surface area contributed by atoms with Crippen LogP contribution in [-0.4, -0.2) is 47.1 Å². The first kappa shape index (κ1) is 19.1. The summed E-state index contributed by atoms with van der Waals surface area (Å²) in [5, 5.41) is 0.540. The van der Waals surface area contributed by atoms with E-state index in [4.69, 9.17) is 9.47 Å². The van der Waals surface area contributed by atoms with Gasteiger partial charge >= 0.3 is 0 Å². The van der Waals surface area contributed by atoms with Crippen LogP contribution in [0.1, 0.15) is 28.8 Å². The Morgan fingerprint density at radius 3 is 2.97 bits per heavy atom. The maximum atomic E-state index is 13.5. The molecule has 7 nitrogen and oxygen atoms in total. The van der Waals surface area contributed by atoms with Gasteiger partial charge in [0.15, 0.2) is 0 Å². The number of aromatic nitrogens is 2. The van der Waals surface area contributed by atoms with Crippen molar-refractivity contribution in [3.8, 4) is 5.75 Å². The number of rotatable bonds is 6. The van der Waals surface area contributed by atoms with E-state index in [2.05, 4.69) is 9.97 Å². The number of para-hydroxylation sites is 1. The standard InChI is InChI=1S/C22H23N3O4/c1-28-19-9-3-2-6-15(19)13-25(14-16-7-5-11-29-16)22(27)18-12-24-21(26)20-17(18)8-4-10-23-20/h2-4,6,8-10,12,16H,5,7,11,13-14H2,1H3,(H,24,26). The molecule has 3 aromatic rings. The van der Waals surface area contributed by atoms with Gasteiger partial charge in [-0.2, -0.15) is 0 Å².